The number of nitrogens with one attached hydrogen (secondary N) is 1. The maximum absolute atomic E-state index is 13.3. The maximum Gasteiger partial charge on any atom is 0.255 e. The quantitative estimate of drug-likeness (QED) is 0.716. The number of hydrogen-bond donors (Lipinski definition) is 1. The van der Waals surface area contributed by atoms with Crippen LogP contribution in [0, 0.1) is 0 Å². The number of carbonyl (C=O) groups is 2. The van der Waals surface area contributed by atoms with Crippen molar-refractivity contribution in [1.29, 1.82) is 0 Å². The number of anilines is 1. The Morgan fingerprint density at radius 1 is 1.00 bits per heavy atom. The predicted molar refractivity (Wildman–Crippen MR) is 141 cm³/mol. The van der Waals surface area contributed by atoms with Gasteiger partial charge in [0.25, 0.3) is 5.91 Å². The van der Waals surface area contributed by atoms with Crippen LogP contribution in [-0.4, -0.2) is 81.9 Å². The summed E-state index contributed by atoms with van der Waals surface area (Å²) < 4.78 is 0. The fourth-order valence-corrected chi connectivity index (χ4v) is 6.11. The Balaban J connectivity index is 1.38. The molecule has 2 aliphatic heterocycles. The van der Waals surface area contributed by atoms with Gasteiger partial charge >= 0.3 is 0 Å². The van der Waals surface area contributed by atoms with Gasteiger partial charge in [-0.05, 0) is 45.9 Å². The molecular formula is C28H36N6O2. The molecule has 2 aromatic heterocycles. The Morgan fingerprint density at radius 2 is 1.69 bits per heavy atom. The summed E-state index contributed by atoms with van der Waals surface area (Å²) in [5, 5.41) is 3.48. The molecule has 0 bridgehead atoms. The van der Waals surface area contributed by atoms with Crippen LogP contribution in [0.2, 0.25) is 0 Å². The molecule has 0 unspecified atom stereocenters. The van der Waals surface area contributed by atoms with Crippen LogP contribution in [0.5, 0.6) is 0 Å². The first-order chi connectivity index (χ1) is 17.2. The molecular weight excluding hydrogens is 452 g/mol. The lowest BCUT2D eigenvalue weighted by Crippen LogP contribution is -2.58. The smallest absolute Gasteiger partial charge is 0.255 e. The number of carbonyl (C=O) groups excluding carboxylic acids is 2. The van der Waals surface area contributed by atoms with Crippen molar-refractivity contribution in [3.63, 3.8) is 0 Å². The molecule has 0 saturated carbocycles. The highest BCUT2D eigenvalue weighted by molar-refractivity contribution is 5.96. The zero-order chi connectivity index (χ0) is 25.6. The van der Waals surface area contributed by atoms with Crippen molar-refractivity contribution in [2.75, 3.05) is 31.1 Å². The Labute approximate surface area is 213 Å². The first-order valence-electron chi connectivity index (χ1n) is 13.0. The highest BCUT2D eigenvalue weighted by Gasteiger charge is 2.32. The van der Waals surface area contributed by atoms with Crippen LogP contribution in [0.4, 0.5) is 5.82 Å². The Kier molecular flexibility index (Phi) is 6.55. The summed E-state index contributed by atoms with van der Waals surface area (Å²) in [6.07, 6.45) is 4.61. The van der Waals surface area contributed by atoms with E-state index in [1.807, 2.05) is 34.1 Å². The SMILES string of the molecule is CC(=O)N1[C@H](C)CN(c2cccc(C3=CCc4ncc(C(=O)N5C[C@@H](C)N[C@@H](C)C5)cc43)n2)C[C@@H]1C. The van der Waals surface area contributed by atoms with E-state index in [-0.39, 0.29) is 36.0 Å². The van der Waals surface area contributed by atoms with Crippen LogP contribution in [0.1, 0.15) is 61.9 Å². The van der Waals surface area contributed by atoms with E-state index in [1.165, 1.54) is 0 Å². The van der Waals surface area contributed by atoms with Crippen molar-refractivity contribution in [3.8, 4) is 0 Å². The monoisotopic (exact) mass is 488 g/mol. The lowest BCUT2D eigenvalue weighted by molar-refractivity contribution is -0.133. The Morgan fingerprint density at radius 3 is 2.36 bits per heavy atom. The van der Waals surface area contributed by atoms with Crippen LogP contribution in [0.3, 0.4) is 0 Å². The van der Waals surface area contributed by atoms with E-state index in [2.05, 4.69) is 49.0 Å². The lowest BCUT2D eigenvalue weighted by Gasteiger charge is -2.44. The molecule has 190 valence electrons. The normalized spacial score (nSPS) is 26.0. The average Bonchev–Trinajstić information content (AvgIpc) is 3.25. The summed E-state index contributed by atoms with van der Waals surface area (Å²) >= 11 is 0. The van der Waals surface area contributed by atoms with E-state index >= 15 is 0 Å². The average molecular weight is 489 g/mol. The van der Waals surface area contributed by atoms with Gasteiger partial charge < -0.3 is 20.0 Å². The predicted octanol–water partition coefficient (Wildman–Crippen LogP) is 2.73. The second-order valence-corrected chi connectivity index (χ2v) is 10.6. The molecule has 8 heteroatoms. The van der Waals surface area contributed by atoms with E-state index in [1.54, 1.807) is 13.1 Å². The van der Waals surface area contributed by atoms with E-state index in [0.717, 1.165) is 47.9 Å². The zero-order valence-corrected chi connectivity index (χ0v) is 21.9. The first-order valence-corrected chi connectivity index (χ1v) is 13.0. The number of nitrogens with zero attached hydrogens (tertiary/aromatic N) is 5. The van der Waals surface area contributed by atoms with Crippen molar-refractivity contribution in [2.24, 2.45) is 0 Å². The van der Waals surface area contributed by atoms with Gasteiger partial charge in [-0.3, -0.25) is 14.6 Å². The maximum atomic E-state index is 13.3. The number of pyridine rings is 2. The van der Waals surface area contributed by atoms with Gasteiger partial charge in [0, 0.05) is 81.0 Å². The molecule has 0 spiro atoms. The minimum absolute atomic E-state index is 0.0322. The molecule has 4 atom stereocenters. The molecule has 3 aliphatic rings. The third kappa shape index (κ3) is 4.62. The fourth-order valence-electron chi connectivity index (χ4n) is 6.11. The fraction of sp³-hybridized carbons (Fsp3) is 0.500. The van der Waals surface area contributed by atoms with Gasteiger partial charge in [-0.2, -0.15) is 0 Å². The topological polar surface area (TPSA) is 81.7 Å². The van der Waals surface area contributed by atoms with E-state index < -0.39 is 0 Å². The molecule has 0 aromatic carbocycles. The van der Waals surface area contributed by atoms with Crippen molar-refractivity contribution >= 4 is 23.2 Å². The van der Waals surface area contributed by atoms with Crippen molar-refractivity contribution in [2.45, 2.75) is 65.2 Å². The summed E-state index contributed by atoms with van der Waals surface area (Å²) in [4.78, 5) is 41.2. The Bertz CT molecular complexity index is 1190. The molecule has 0 radical (unpaired) electrons. The lowest BCUT2D eigenvalue weighted by atomic mass is 10.0. The second-order valence-electron chi connectivity index (χ2n) is 10.6. The molecule has 2 amide bonds. The van der Waals surface area contributed by atoms with Gasteiger partial charge in [-0.15, -0.1) is 0 Å². The number of allylic oxidation sites excluding steroid dienone is 1. The molecule has 2 saturated heterocycles. The standard InChI is InChI=1S/C28H36N6O2/c1-17-13-33(14-18(2)30-17)28(36)22-11-24-23(9-10-25(24)29-12-22)26-7-6-8-27(31-26)32-15-19(3)34(21(5)35)20(4)16-32/h6-9,11-12,17-20,30H,10,13-16H2,1-5H3/t17-,18+,19-,20+. The number of fused-ring (bicyclic) bond motifs is 1. The molecule has 2 fully saturated rings. The van der Waals surface area contributed by atoms with Crippen molar-refractivity contribution < 1.29 is 9.59 Å². The van der Waals surface area contributed by atoms with E-state index in [0.29, 0.717) is 18.7 Å². The summed E-state index contributed by atoms with van der Waals surface area (Å²) in [5.74, 6) is 1.06. The van der Waals surface area contributed by atoms with Gasteiger partial charge in [-0.1, -0.05) is 12.1 Å². The molecule has 36 heavy (non-hydrogen) atoms. The van der Waals surface area contributed by atoms with Crippen LogP contribution in [-0.2, 0) is 11.2 Å². The highest BCUT2D eigenvalue weighted by atomic mass is 16.2. The molecule has 1 N–H and O–H groups in total. The van der Waals surface area contributed by atoms with Crippen molar-refractivity contribution in [1.82, 2.24) is 25.1 Å². The van der Waals surface area contributed by atoms with Gasteiger partial charge in [0.05, 0.1) is 17.0 Å². The molecule has 2 aromatic rings. The minimum atomic E-state index is 0.0322. The van der Waals surface area contributed by atoms with E-state index in [4.69, 9.17) is 4.98 Å². The number of amides is 2. The highest BCUT2D eigenvalue weighted by Crippen LogP contribution is 2.33. The number of aromatic nitrogens is 2. The second kappa shape index (κ2) is 9.65. The number of hydrogen-bond acceptors (Lipinski definition) is 6. The van der Waals surface area contributed by atoms with Gasteiger partial charge in [-0.25, -0.2) is 4.98 Å². The minimum Gasteiger partial charge on any atom is -0.352 e. The van der Waals surface area contributed by atoms with E-state index in [9.17, 15) is 9.59 Å². The molecule has 1 aliphatic carbocycles. The van der Waals surface area contributed by atoms with Gasteiger partial charge in [0.1, 0.15) is 5.82 Å². The van der Waals surface area contributed by atoms with Gasteiger partial charge in [0.15, 0.2) is 0 Å². The van der Waals surface area contributed by atoms with Crippen LogP contribution < -0.4 is 10.2 Å². The summed E-state index contributed by atoms with van der Waals surface area (Å²) in [6.45, 7) is 12.9. The summed E-state index contributed by atoms with van der Waals surface area (Å²) in [5.41, 5.74) is 4.51. The Hall–Kier alpha value is -3.26. The summed E-state index contributed by atoms with van der Waals surface area (Å²) in [7, 11) is 0. The molecule has 5 rings (SSSR count). The molecule has 4 heterocycles. The van der Waals surface area contributed by atoms with Crippen molar-refractivity contribution in [3.05, 3.63) is 59.1 Å². The third-order valence-electron chi connectivity index (χ3n) is 7.47. The largest absolute Gasteiger partial charge is 0.352 e. The third-order valence-corrected chi connectivity index (χ3v) is 7.47. The molecule has 8 nitrogen and oxygen atoms in total. The van der Waals surface area contributed by atoms with Crippen LogP contribution in [0.15, 0.2) is 36.5 Å². The summed E-state index contributed by atoms with van der Waals surface area (Å²) in [6, 6.07) is 8.87. The van der Waals surface area contributed by atoms with Crippen LogP contribution >= 0.6 is 0 Å². The number of rotatable bonds is 3. The van der Waals surface area contributed by atoms with Gasteiger partial charge in [0.2, 0.25) is 5.91 Å². The zero-order valence-electron chi connectivity index (χ0n) is 21.9. The van der Waals surface area contributed by atoms with Crippen LogP contribution in [0.25, 0.3) is 5.57 Å². The number of piperazine rings is 2. The first kappa shape index (κ1) is 24.4.